The number of alkyl halides is 3. The molecule has 0 spiro atoms. The molecule has 2 fully saturated rings. The molecule has 1 amide bonds. The van der Waals surface area contributed by atoms with E-state index in [4.69, 9.17) is 4.74 Å². The van der Waals surface area contributed by atoms with Gasteiger partial charge in [-0.2, -0.15) is 13.2 Å². The molecular formula is C36H30F5N5O3. The third-order valence-corrected chi connectivity index (χ3v) is 10.0. The highest BCUT2D eigenvalue weighted by atomic mass is 19.4. The van der Waals surface area contributed by atoms with Crippen molar-refractivity contribution < 1.29 is 36.3 Å². The van der Waals surface area contributed by atoms with Crippen LogP contribution in [0.3, 0.4) is 0 Å². The van der Waals surface area contributed by atoms with Gasteiger partial charge < -0.3 is 19.0 Å². The molecule has 8 rings (SSSR count). The van der Waals surface area contributed by atoms with Crippen LogP contribution in [0.2, 0.25) is 0 Å². The number of amides is 1. The van der Waals surface area contributed by atoms with Gasteiger partial charge in [0.15, 0.2) is 5.75 Å². The molecule has 1 N–H and O–H groups in total. The molecule has 3 aromatic heterocycles. The van der Waals surface area contributed by atoms with Crippen molar-refractivity contribution in [3.63, 3.8) is 0 Å². The molecule has 0 aliphatic carbocycles. The number of aromatic nitrogens is 3. The molecule has 252 valence electrons. The number of nitrogens with zero attached hydrogens (tertiary/aromatic N) is 4. The number of imidazole rings is 1. The van der Waals surface area contributed by atoms with E-state index in [2.05, 4.69) is 15.2 Å². The standard InChI is InChI=1S/C36H30F5N5O3/c1-44-18-42-32-27(44)17-24(36(39,40)41)30-23-4-2-12-46-28(16-19(33(23)46)10-13-49-35(30)32)34(48)20-14-25(37)31(26(38)15-20)43-29(47)5-3-11-45-21-6-7-22(45)9-8-21/h2-5,12,14-18,21-22H,6-11,13H2,1H3,(H,43,47)/b5-3+. The van der Waals surface area contributed by atoms with Crippen LogP contribution in [0.25, 0.3) is 27.7 Å². The zero-order valence-corrected chi connectivity index (χ0v) is 26.3. The highest BCUT2D eigenvalue weighted by molar-refractivity contribution is 6.10. The van der Waals surface area contributed by atoms with Gasteiger partial charge in [0.25, 0.3) is 0 Å². The van der Waals surface area contributed by atoms with Crippen LogP contribution in [0, 0.1) is 11.6 Å². The highest BCUT2D eigenvalue weighted by Crippen LogP contribution is 2.48. The predicted molar refractivity (Wildman–Crippen MR) is 172 cm³/mol. The Morgan fingerprint density at radius 3 is 2.47 bits per heavy atom. The first-order chi connectivity index (χ1) is 23.5. The van der Waals surface area contributed by atoms with Crippen molar-refractivity contribution in [1.29, 1.82) is 0 Å². The first-order valence-electron chi connectivity index (χ1n) is 16.1. The number of aryl methyl sites for hydroxylation is 1. The predicted octanol–water partition coefficient (Wildman–Crippen LogP) is 7.08. The first-order valence-corrected chi connectivity index (χ1v) is 16.1. The first kappa shape index (κ1) is 31.2. The largest absolute Gasteiger partial charge is 0.490 e. The van der Waals surface area contributed by atoms with Gasteiger partial charge >= 0.3 is 6.18 Å². The third kappa shape index (κ3) is 5.18. The lowest BCUT2D eigenvalue weighted by molar-refractivity contribution is -0.137. The fraction of sp³-hybridized carbons (Fsp3) is 0.306. The zero-order valence-electron chi connectivity index (χ0n) is 26.3. The van der Waals surface area contributed by atoms with E-state index in [1.807, 2.05) is 0 Å². The van der Waals surface area contributed by atoms with E-state index in [0.29, 0.717) is 29.7 Å². The monoisotopic (exact) mass is 675 g/mol. The quantitative estimate of drug-likeness (QED) is 0.118. The van der Waals surface area contributed by atoms with Crippen molar-refractivity contribution in [3.8, 4) is 16.9 Å². The van der Waals surface area contributed by atoms with E-state index in [9.17, 15) is 22.8 Å². The molecule has 6 heterocycles. The summed E-state index contributed by atoms with van der Waals surface area (Å²) in [6, 6.07) is 8.27. The van der Waals surface area contributed by atoms with Gasteiger partial charge in [-0.15, -0.1) is 0 Å². The minimum absolute atomic E-state index is 0.00262. The van der Waals surface area contributed by atoms with E-state index in [1.54, 1.807) is 13.1 Å². The Labute approximate surface area is 276 Å². The van der Waals surface area contributed by atoms with E-state index < -0.39 is 40.8 Å². The molecule has 13 heteroatoms. The van der Waals surface area contributed by atoms with Crippen LogP contribution < -0.4 is 10.1 Å². The number of pyridine rings is 1. The van der Waals surface area contributed by atoms with Gasteiger partial charge in [0.2, 0.25) is 11.7 Å². The number of rotatable bonds is 6. The number of benzene rings is 2. The Morgan fingerprint density at radius 2 is 1.78 bits per heavy atom. The molecule has 3 aliphatic rings. The lowest BCUT2D eigenvalue weighted by Crippen LogP contribution is -2.28. The maximum Gasteiger partial charge on any atom is 0.417 e. The number of carbonyl (C=O) groups excluding carboxylic acids is 2. The number of halogens is 5. The van der Waals surface area contributed by atoms with Gasteiger partial charge in [0, 0.05) is 61.1 Å². The number of fused-ring (bicyclic) bond motifs is 6. The van der Waals surface area contributed by atoms with Crippen molar-refractivity contribution in [2.24, 2.45) is 7.05 Å². The third-order valence-electron chi connectivity index (χ3n) is 10.0. The van der Waals surface area contributed by atoms with Gasteiger partial charge in [-0.1, -0.05) is 12.1 Å². The number of ketones is 1. The van der Waals surface area contributed by atoms with E-state index in [0.717, 1.165) is 43.9 Å². The topological polar surface area (TPSA) is 80.9 Å². The zero-order chi connectivity index (χ0) is 34.2. The number of hydrogen-bond donors (Lipinski definition) is 1. The smallest absolute Gasteiger partial charge is 0.417 e. The molecule has 8 nitrogen and oxygen atoms in total. The average molecular weight is 676 g/mol. The van der Waals surface area contributed by atoms with Crippen molar-refractivity contribution >= 4 is 33.9 Å². The molecular weight excluding hydrogens is 645 g/mol. The van der Waals surface area contributed by atoms with Crippen LogP contribution in [-0.4, -0.2) is 55.8 Å². The SMILES string of the molecule is Cn1cnc2c3c(c(C(F)(F)F)cc21)-c1cccn2c(C(=O)c4cc(F)c(NC(=O)/C=C/CN5C6CCC5CC6)c(F)c4)cc(c12)CCO3. The van der Waals surface area contributed by atoms with E-state index in [1.165, 1.54) is 45.8 Å². The minimum Gasteiger partial charge on any atom is -0.490 e. The van der Waals surface area contributed by atoms with Crippen LogP contribution in [0.15, 0.2) is 61.1 Å². The highest BCUT2D eigenvalue weighted by Gasteiger charge is 2.39. The Bertz CT molecular complexity index is 2180. The van der Waals surface area contributed by atoms with E-state index >= 15 is 8.78 Å². The fourth-order valence-corrected chi connectivity index (χ4v) is 7.77. The molecule has 0 radical (unpaired) electrons. The summed E-state index contributed by atoms with van der Waals surface area (Å²) in [7, 11) is 1.59. The molecule has 0 atom stereocenters. The van der Waals surface area contributed by atoms with Crippen LogP contribution in [0.5, 0.6) is 5.75 Å². The number of nitrogens with one attached hydrogen (secondary N) is 1. The summed E-state index contributed by atoms with van der Waals surface area (Å²) in [5.41, 5.74) is -0.590. The molecule has 2 aromatic carbocycles. The maximum atomic E-state index is 15.3. The fourth-order valence-electron chi connectivity index (χ4n) is 7.77. The number of hydrogen-bond acceptors (Lipinski definition) is 5. The Kier molecular flexibility index (Phi) is 7.36. The molecule has 0 saturated carbocycles. The van der Waals surface area contributed by atoms with Crippen molar-refractivity contribution in [1.82, 2.24) is 18.9 Å². The van der Waals surface area contributed by atoms with Gasteiger partial charge in [-0.05, 0) is 61.6 Å². The van der Waals surface area contributed by atoms with Gasteiger partial charge in [-0.25, -0.2) is 13.8 Å². The molecule has 3 aliphatic heterocycles. The average Bonchev–Trinajstić information content (AvgIpc) is 3.83. The van der Waals surface area contributed by atoms with E-state index in [-0.39, 0.29) is 52.2 Å². The number of ether oxygens (including phenoxy) is 1. The summed E-state index contributed by atoms with van der Waals surface area (Å²) in [4.78, 5) is 33.0. The van der Waals surface area contributed by atoms with Gasteiger partial charge in [0.05, 0.1) is 35.2 Å². The Hall–Kier alpha value is -5.04. The van der Waals surface area contributed by atoms with Crippen LogP contribution in [0.4, 0.5) is 27.6 Å². The number of anilines is 1. The second kappa shape index (κ2) is 11.5. The summed E-state index contributed by atoms with van der Waals surface area (Å²) in [5.74, 6) is -3.76. The lowest BCUT2D eigenvalue weighted by atomic mass is 9.94. The number of carbonyl (C=O) groups is 2. The minimum atomic E-state index is -4.75. The van der Waals surface area contributed by atoms with Crippen molar-refractivity contribution in [2.45, 2.75) is 50.4 Å². The van der Waals surface area contributed by atoms with Gasteiger partial charge in [0.1, 0.15) is 22.8 Å². The van der Waals surface area contributed by atoms with Crippen LogP contribution >= 0.6 is 0 Å². The summed E-state index contributed by atoms with van der Waals surface area (Å²) in [6.45, 7) is 0.575. The summed E-state index contributed by atoms with van der Waals surface area (Å²) in [5, 5.41) is 2.24. The molecule has 49 heavy (non-hydrogen) atoms. The molecule has 5 aromatic rings. The Morgan fingerprint density at radius 1 is 1.06 bits per heavy atom. The summed E-state index contributed by atoms with van der Waals surface area (Å²) >= 11 is 0. The molecule has 2 saturated heterocycles. The van der Waals surface area contributed by atoms with Gasteiger partial charge in [-0.3, -0.25) is 14.5 Å². The lowest BCUT2D eigenvalue weighted by Gasteiger charge is -2.22. The second-order valence-corrected chi connectivity index (χ2v) is 12.8. The Balaban J connectivity index is 1.13. The van der Waals surface area contributed by atoms with Crippen molar-refractivity contribution in [3.05, 3.63) is 95.1 Å². The van der Waals surface area contributed by atoms with Crippen LogP contribution in [0.1, 0.15) is 52.9 Å². The molecule has 2 bridgehead atoms. The van der Waals surface area contributed by atoms with Crippen molar-refractivity contribution in [2.75, 3.05) is 18.5 Å². The summed E-state index contributed by atoms with van der Waals surface area (Å²) in [6.07, 6.45) is 5.92. The van der Waals surface area contributed by atoms with Crippen LogP contribution in [-0.2, 0) is 24.4 Å². The normalized spacial score (nSPS) is 19.0. The molecule has 0 unspecified atom stereocenters. The maximum absolute atomic E-state index is 15.3. The summed E-state index contributed by atoms with van der Waals surface area (Å²) < 4.78 is 83.2. The second-order valence-electron chi connectivity index (χ2n) is 12.8.